The number of carbonyl (C=O) groups excluding carboxylic acids is 1. The summed E-state index contributed by atoms with van der Waals surface area (Å²) < 4.78 is 5.47. The number of rotatable bonds is 0. The number of carbonyl (C=O) groups is 1. The number of ether oxygens (including phenoxy) is 1. The fourth-order valence-electron chi connectivity index (χ4n) is 3.28. The van der Waals surface area contributed by atoms with Crippen LogP contribution in [-0.4, -0.2) is 39.9 Å². The van der Waals surface area contributed by atoms with Crippen molar-refractivity contribution >= 4 is 6.09 Å². The fourth-order valence-corrected chi connectivity index (χ4v) is 3.28. The van der Waals surface area contributed by atoms with Gasteiger partial charge in [0.25, 0.3) is 0 Å². The molecule has 0 aromatic rings. The predicted molar refractivity (Wildman–Crippen MR) is 69.4 cm³/mol. The monoisotopic (exact) mass is 255 g/mol. The van der Waals surface area contributed by atoms with Crippen LogP contribution in [0.1, 0.15) is 59.3 Å². The molecule has 1 unspecified atom stereocenters. The Hall–Kier alpha value is -0.770. The third-order valence-corrected chi connectivity index (χ3v) is 4.12. The maximum absolute atomic E-state index is 12.3. The predicted octanol–water partition coefficient (Wildman–Crippen LogP) is 2.69. The molecule has 2 fully saturated rings. The fraction of sp³-hybridized carbons (Fsp3) is 0.929. The Kier molecular flexibility index (Phi) is 3.58. The summed E-state index contributed by atoms with van der Waals surface area (Å²) in [5, 5.41) is 10.3. The normalized spacial score (nSPS) is 27.6. The van der Waals surface area contributed by atoms with E-state index in [-0.39, 0.29) is 17.7 Å². The van der Waals surface area contributed by atoms with Crippen molar-refractivity contribution in [1.29, 1.82) is 0 Å². The molecule has 2 aliphatic rings. The standard InChI is InChI=1S/C14H25NO3/c1-13(2,3)18-12(17)15-10-7-11(16)14(15)8-5-4-6-9-14/h11,16H,4-10H2,1-3H3. The molecule has 1 amide bonds. The molecule has 4 heteroatoms. The van der Waals surface area contributed by atoms with E-state index in [4.69, 9.17) is 4.74 Å². The summed E-state index contributed by atoms with van der Waals surface area (Å²) in [4.78, 5) is 14.1. The lowest BCUT2D eigenvalue weighted by Gasteiger charge is -2.43. The molecule has 1 heterocycles. The number of aliphatic hydroxyl groups is 1. The van der Waals surface area contributed by atoms with Crippen LogP contribution in [0.3, 0.4) is 0 Å². The van der Waals surface area contributed by atoms with E-state index in [0.717, 1.165) is 25.7 Å². The molecule has 18 heavy (non-hydrogen) atoms. The zero-order valence-electron chi connectivity index (χ0n) is 11.7. The Morgan fingerprint density at radius 1 is 1.28 bits per heavy atom. The summed E-state index contributed by atoms with van der Waals surface area (Å²) in [5.41, 5.74) is -0.818. The molecule has 0 radical (unpaired) electrons. The molecule has 1 spiro atoms. The first-order valence-electron chi connectivity index (χ1n) is 7.04. The van der Waals surface area contributed by atoms with Crippen molar-refractivity contribution in [2.24, 2.45) is 0 Å². The number of hydrogen-bond acceptors (Lipinski definition) is 3. The largest absolute Gasteiger partial charge is 0.444 e. The van der Waals surface area contributed by atoms with Crippen LogP contribution in [-0.2, 0) is 4.74 Å². The molecule has 0 aromatic carbocycles. The molecule has 0 bridgehead atoms. The third-order valence-electron chi connectivity index (χ3n) is 4.12. The summed E-state index contributed by atoms with van der Waals surface area (Å²) in [6.07, 6.45) is 5.25. The zero-order chi connectivity index (χ0) is 13.4. The first kappa shape index (κ1) is 13.7. The van der Waals surface area contributed by atoms with Crippen LogP contribution < -0.4 is 0 Å². The van der Waals surface area contributed by atoms with Crippen molar-refractivity contribution in [2.45, 2.75) is 76.5 Å². The Morgan fingerprint density at radius 2 is 1.89 bits per heavy atom. The van der Waals surface area contributed by atoms with Gasteiger partial charge in [0.1, 0.15) is 5.60 Å². The quantitative estimate of drug-likeness (QED) is 0.724. The number of aliphatic hydroxyl groups excluding tert-OH is 1. The first-order valence-corrected chi connectivity index (χ1v) is 7.04. The molecule has 1 saturated carbocycles. The maximum atomic E-state index is 12.3. The summed E-state index contributed by atoms with van der Waals surface area (Å²) in [7, 11) is 0. The summed E-state index contributed by atoms with van der Waals surface area (Å²) in [5.74, 6) is 0. The van der Waals surface area contributed by atoms with Crippen LogP contribution >= 0.6 is 0 Å². The van der Waals surface area contributed by atoms with Crippen LogP contribution in [0, 0.1) is 0 Å². The van der Waals surface area contributed by atoms with Crippen molar-refractivity contribution in [3.8, 4) is 0 Å². The molecule has 2 rings (SSSR count). The average molecular weight is 255 g/mol. The highest BCUT2D eigenvalue weighted by Gasteiger charge is 2.51. The molecule has 1 aliphatic heterocycles. The van der Waals surface area contributed by atoms with Crippen LogP contribution in [0.2, 0.25) is 0 Å². The lowest BCUT2D eigenvalue weighted by Crippen LogP contribution is -2.54. The van der Waals surface area contributed by atoms with Crippen LogP contribution in [0.4, 0.5) is 4.79 Å². The zero-order valence-corrected chi connectivity index (χ0v) is 11.7. The molecule has 4 nitrogen and oxygen atoms in total. The minimum absolute atomic E-state index is 0.263. The maximum Gasteiger partial charge on any atom is 0.410 e. The summed E-state index contributed by atoms with van der Waals surface area (Å²) in [6.45, 7) is 6.26. The van der Waals surface area contributed by atoms with Gasteiger partial charge >= 0.3 is 6.09 Å². The highest BCUT2D eigenvalue weighted by atomic mass is 16.6. The van der Waals surface area contributed by atoms with Gasteiger partial charge in [-0.3, -0.25) is 4.90 Å². The van der Waals surface area contributed by atoms with Crippen molar-refractivity contribution in [3.63, 3.8) is 0 Å². The lowest BCUT2D eigenvalue weighted by molar-refractivity contribution is -0.0277. The molecule has 1 atom stereocenters. The van der Waals surface area contributed by atoms with E-state index in [1.807, 2.05) is 20.8 Å². The van der Waals surface area contributed by atoms with Crippen LogP contribution in [0.15, 0.2) is 0 Å². The van der Waals surface area contributed by atoms with E-state index in [1.54, 1.807) is 4.90 Å². The highest BCUT2D eigenvalue weighted by molar-refractivity contribution is 5.70. The molecule has 104 valence electrons. The second-order valence-electron chi connectivity index (χ2n) is 6.60. The number of nitrogens with zero attached hydrogens (tertiary/aromatic N) is 1. The molecule has 1 N–H and O–H groups in total. The Balaban J connectivity index is 2.13. The average Bonchev–Trinajstić information content (AvgIpc) is 2.56. The van der Waals surface area contributed by atoms with Crippen molar-refractivity contribution in [3.05, 3.63) is 0 Å². The van der Waals surface area contributed by atoms with Crippen LogP contribution in [0.5, 0.6) is 0 Å². The van der Waals surface area contributed by atoms with E-state index in [9.17, 15) is 9.90 Å². The highest BCUT2D eigenvalue weighted by Crippen LogP contribution is 2.42. The number of likely N-dealkylation sites (tertiary alicyclic amines) is 1. The minimum Gasteiger partial charge on any atom is -0.444 e. The van der Waals surface area contributed by atoms with Gasteiger partial charge in [-0.25, -0.2) is 4.79 Å². The topological polar surface area (TPSA) is 49.8 Å². The van der Waals surface area contributed by atoms with Crippen molar-refractivity contribution in [2.75, 3.05) is 6.54 Å². The molecule has 1 saturated heterocycles. The van der Waals surface area contributed by atoms with Gasteiger partial charge in [-0.05, 0) is 40.0 Å². The van der Waals surface area contributed by atoms with E-state index in [0.29, 0.717) is 13.0 Å². The SMILES string of the molecule is CC(C)(C)OC(=O)N1CCC(O)C12CCCCC2. The minimum atomic E-state index is -0.472. The summed E-state index contributed by atoms with van der Waals surface area (Å²) in [6, 6.07) is 0. The number of hydrogen-bond donors (Lipinski definition) is 1. The Bertz CT molecular complexity index is 315. The third kappa shape index (κ3) is 2.48. The van der Waals surface area contributed by atoms with Gasteiger partial charge in [0.2, 0.25) is 0 Å². The van der Waals surface area contributed by atoms with E-state index >= 15 is 0 Å². The number of amides is 1. The second kappa shape index (κ2) is 4.72. The summed E-state index contributed by atoms with van der Waals surface area (Å²) >= 11 is 0. The van der Waals surface area contributed by atoms with Gasteiger partial charge in [0.05, 0.1) is 11.6 Å². The molecule has 1 aliphatic carbocycles. The van der Waals surface area contributed by atoms with Gasteiger partial charge in [0.15, 0.2) is 0 Å². The van der Waals surface area contributed by atoms with Gasteiger partial charge in [-0.1, -0.05) is 19.3 Å². The molecular weight excluding hydrogens is 230 g/mol. The molecule has 0 aromatic heterocycles. The van der Waals surface area contributed by atoms with E-state index < -0.39 is 5.60 Å². The van der Waals surface area contributed by atoms with Crippen molar-refractivity contribution in [1.82, 2.24) is 4.90 Å². The van der Waals surface area contributed by atoms with Gasteiger partial charge in [-0.15, -0.1) is 0 Å². The van der Waals surface area contributed by atoms with Crippen LogP contribution in [0.25, 0.3) is 0 Å². The Labute approximate surface area is 109 Å². The van der Waals surface area contributed by atoms with Gasteiger partial charge < -0.3 is 9.84 Å². The lowest BCUT2D eigenvalue weighted by atomic mass is 9.78. The van der Waals surface area contributed by atoms with Gasteiger partial charge in [-0.2, -0.15) is 0 Å². The van der Waals surface area contributed by atoms with Gasteiger partial charge in [0, 0.05) is 6.54 Å². The Morgan fingerprint density at radius 3 is 2.44 bits per heavy atom. The second-order valence-corrected chi connectivity index (χ2v) is 6.60. The smallest absolute Gasteiger partial charge is 0.410 e. The first-order chi connectivity index (χ1) is 8.35. The molecular formula is C14H25NO3. The van der Waals surface area contributed by atoms with E-state index in [1.165, 1.54) is 6.42 Å². The van der Waals surface area contributed by atoms with Crippen molar-refractivity contribution < 1.29 is 14.6 Å². The van der Waals surface area contributed by atoms with E-state index in [2.05, 4.69) is 0 Å².